The third-order valence-electron chi connectivity index (χ3n) is 9.64. The van der Waals surface area contributed by atoms with E-state index in [0.29, 0.717) is 43.9 Å². The van der Waals surface area contributed by atoms with Crippen LogP contribution in [-0.2, 0) is 22.6 Å². The summed E-state index contributed by atoms with van der Waals surface area (Å²) in [6.07, 6.45) is -0.913. The summed E-state index contributed by atoms with van der Waals surface area (Å²) in [6.45, 7) is 2.22. The molecule has 0 N–H and O–H groups in total. The van der Waals surface area contributed by atoms with Gasteiger partial charge in [-0.2, -0.15) is 0 Å². The molecule has 51 heavy (non-hydrogen) atoms. The van der Waals surface area contributed by atoms with Gasteiger partial charge in [-0.25, -0.2) is 0 Å². The van der Waals surface area contributed by atoms with Gasteiger partial charge in [0.2, 0.25) is 11.8 Å². The predicted molar refractivity (Wildman–Crippen MR) is 184 cm³/mol. The molecule has 0 saturated carbocycles. The van der Waals surface area contributed by atoms with Gasteiger partial charge in [-0.3, -0.25) is 19.2 Å². The molecule has 2 aliphatic heterocycles. The number of carbonyl (C=O) groups excluding carboxylic acids is 3. The molecular formula is C38H37ClF3N3O6. The molecule has 0 bridgehead atoms. The summed E-state index contributed by atoms with van der Waals surface area (Å²) < 4.78 is 47.8. The van der Waals surface area contributed by atoms with Gasteiger partial charge in [0.25, 0.3) is 5.91 Å². The largest absolute Gasteiger partial charge is 0.573 e. The molecular weight excluding hydrogens is 687 g/mol. The Kier molecular flexibility index (Phi) is 10.7. The van der Waals surface area contributed by atoms with E-state index < -0.39 is 29.5 Å². The van der Waals surface area contributed by atoms with Crippen molar-refractivity contribution in [1.29, 1.82) is 0 Å². The number of nitrogens with zero attached hydrogens (tertiary/aromatic N) is 3. The van der Waals surface area contributed by atoms with E-state index in [1.54, 1.807) is 29.2 Å². The number of amides is 3. The highest BCUT2D eigenvalue weighted by atomic mass is 35.5. The predicted octanol–water partition coefficient (Wildman–Crippen LogP) is 6.95. The smallest absolute Gasteiger partial charge is 0.451 e. The fourth-order valence-corrected chi connectivity index (χ4v) is 7.05. The third-order valence-corrected chi connectivity index (χ3v) is 9.89. The van der Waals surface area contributed by atoms with Crippen LogP contribution in [0, 0.1) is 0 Å². The molecule has 2 saturated heterocycles. The Morgan fingerprint density at radius 2 is 1.71 bits per heavy atom. The number of rotatable bonds is 9. The first kappa shape index (κ1) is 36.0. The molecule has 0 aliphatic carbocycles. The van der Waals surface area contributed by atoms with E-state index in [1.807, 2.05) is 17.0 Å². The molecule has 4 aromatic rings. The Balaban J connectivity index is 1.20. The molecule has 3 aromatic carbocycles. The lowest BCUT2D eigenvalue weighted by Gasteiger charge is -2.37. The molecule has 268 valence electrons. The zero-order valence-corrected chi connectivity index (χ0v) is 28.7. The zero-order chi connectivity index (χ0) is 36.3. The van der Waals surface area contributed by atoms with E-state index in [2.05, 4.69) is 16.9 Å². The summed E-state index contributed by atoms with van der Waals surface area (Å²) in [4.78, 5) is 58.5. The number of likely N-dealkylation sites (tertiary alicyclic amines) is 2. The van der Waals surface area contributed by atoms with Crippen LogP contribution in [0.1, 0.15) is 65.3 Å². The first-order valence-corrected chi connectivity index (χ1v) is 17.2. The molecule has 13 heteroatoms. The molecule has 3 heterocycles. The Bertz CT molecular complexity index is 1970. The van der Waals surface area contributed by atoms with Crippen molar-refractivity contribution in [3.05, 3.63) is 110 Å². The van der Waals surface area contributed by atoms with E-state index in [0.717, 1.165) is 54.8 Å². The average molecular weight is 724 g/mol. The summed E-state index contributed by atoms with van der Waals surface area (Å²) >= 11 is 6.10. The number of ether oxygens (including phenoxy) is 1. The molecule has 6 rings (SSSR count). The second kappa shape index (κ2) is 15.2. The number of hydrogen-bond acceptors (Lipinski definition) is 6. The van der Waals surface area contributed by atoms with Crippen molar-refractivity contribution in [2.24, 2.45) is 0 Å². The van der Waals surface area contributed by atoms with Crippen molar-refractivity contribution in [1.82, 2.24) is 14.7 Å². The highest BCUT2D eigenvalue weighted by molar-refractivity contribution is 6.30. The number of alkyl halides is 3. The Hall–Kier alpha value is -4.84. The second-order valence-corrected chi connectivity index (χ2v) is 13.5. The fraction of sp³-hybridized carbons (Fsp3) is 0.368. The van der Waals surface area contributed by atoms with Crippen LogP contribution in [0.25, 0.3) is 11.0 Å². The summed E-state index contributed by atoms with van der Waals surface area (Å²) in [6, 6.07) is 18.0. The van der Waals surface area contributed by atoms with Gasteiger partial charge in [-0.15, -0.1) is 13.2 Å². The lowest BCUT2D eigenvalue weighted by Crippen LogP contribution is -2.52. The number of likely N-dealkylation sites (N-methyl/N-ethyl adjacent to an activating group) is 1. The normalized spacial score (nSPS) is 16.3. The lowest BCUT2D eigenvalue weighted by atomic mass is 9.86. The molecule has 1 atom stereocenters. The van der Waals surface area contributed by atoms with Gasteiger partial charge < -0.3 is 23.9 Å². The van der Waals surface area contributed by atoms with Crippen LogP contribution in [-0.4, -0.2) is 71.5 Å². The van der Waals surface area contributed by atoms with Gasteiger partial charge >= 0.3 is 6.36 Å². The quantitative estimate of drug-likeness (QED) is 0.185. The van der Waals surface area contributed by atoms with Crippen LogP contribution in [0.4, 0.5) is 13.2 Å². The summed E-state index contributed by atoms with van der Waals surface area (Å²) in [5.74, 6) is -1.62. The van der Waals surface area contributed by atoms with Gasteiger partial charge in [0.1, 0.15) is 17.4 Å². The van der Waals surface area contributed by atoms with Crippen molar-refractivity contribution < 1.29 is 36.7 Å². The minimum absolute atomic E-state index is 0.110. The van der Waals surface area contributed by atoms with Crippen LogP contribution in [0.2, 0.25) is 5.02 Å². The van der Waals surface area contributed by atoms with Crippen molar-refractivity contribution in [3.8, 4) is 5.75 Å². The molecule has 2 aliphatic rings. The molecule has 1 aromatic heterocycles. The zero-order valence-electron chi connectivity index (χ0n) is 28.0. The lowest BCUT2D eigenvalue weighted by molar-refractivity contribution is -0.274. The highest BCUT2D eigenvalue weighted by Gasteiger charge is 2.35. The first-order chi connectivity index (χ1) is 24.4. The van der Waals surface area contributed by atoms with E-state index in [4.69, 9.17) is 16.0 Å². The van der Waals surface area contributed by atoms with Crippen LogP contribution in [0.15, 0.2) is 82.0 Å². The standard InChI is InChI=1S/C38H37ClF3N3O6/c1-43(37(49)34-22-32(46)30-21-28(51-38(40,41)42)13-14-33(30)50-34)31(20-24-9-11-27(39)12-10-24)36(48)44-18-15-25(16-19-44)29-7-3-2-6-26(29)23-45-17-5-4-8-35(45)47/h2-3,6-7,9-14,21-22,25,31H,4-5,8,15-20,23H2,1H3/t31-/m1/s1. The fourth-order valence-electron chi connectivity index (χ4n) is 6.92. The number of piperidine rings is 2. The van der Waals surface area contributed by atoms with Crippen LogP contribution >= 0.6 is 11.6 Å². The number of hydrogen-bond donors (Lipinski definition) is 0. The highest BCUT2D eigenvalue weighted by Crippen LogP contribution is 2.33. The maximum absolute atomic E-state index is 14.3. The van der Waals surface area contributed by atoms with E-state index in [9.17, 15) is 32.3 Å². The Morgan fingerprint density at radius 1 is 0.980 bits per heavy atom. The number of carbonyl (C=O) groups is 3. The molecule has 0 spiro atoms. The van der Waals surface area contributed by atoms with Gasteiger partial charge in [0.15, 0.2) is 11.2 Å². The average Bonchev–Trinajstić information content (AvgIpc) is 3.11. The van der Waals surface area contributed by atoms with Crippen molar-refractivity contribution in [2.45, 2.75) is 63.4 Å². The van der Waals surface area contributed by atoms with Crippen molar-refractivity contribution >= 4 is 40.3 Å². The van der Waals surface area contributed by atoms with E-state index in [1.165, 1.54) is 17.5 Å². The van der Waals surface area contributed by atoms with Crippen LogP contribution in [0.3, 0.4) is 0 Å². The maximum atomic E-state index is 14.3. The van der Waals surface area contributed by atoms with Crippen LogP contribution < -0.4 is 10.2 Å². The minimum atomic E-state index is -4.95. The first-order valence-electron chi connectivity index (χ1n) is 16.9. The van der Waals surface area contributed by atoms with Gasteiger partial charge in [-0.05, 0) is 78.6 Å². The molecule has 3 amide bonds. The van der Waals surface area contributed by atoms with Gasteiger partial charge in [0, 0.05) is 57.2 Å². The topological polar surface area (TPSA) is 100 Å². The summed E-state index contributed by atoms with van der Waals surface area (Å²) in [5.41, 5.74) is 2.20. The maximum Gasteiger partial charge on any atom is 0.573 e. The van der Waals surface area contributed by atoms with Gasteiger partial charge in [-0.1, -0.05) is 48.0 Å². The molecule has 9 nitrogen and oxygen atoms in total. The number of halogens is 4. The molecule has 0 unspecified atom stereocenters. The Morgan fingerprint density at radius 3 is 2.41 bits per heavy atom. The monoisotopic (exact) mass is 723 g/mol. The second-order valence-electron chi connectivity index (χ2n) is 13.0. The van der Waals surface area contributed by atoms with Gasteiger partial charge in [0.05, 0.1) is 5.39 Å². The van der Waals surface area contributed by atoms with Crippen molar-refractivity contribution in [2.75, 3.05) is 26.7 Å². The summed E-state index contributed by atoms with van der Waals surface area (Å²) in [5, 5.41) is 0.316. The SMILES string of the molecule is CN(C(=O)c1cc(=O)c2cc(OC(F)(F)F)ccc2o1)[C@H](Cc1ccc(Cl)cc1)C(=O)N1CCC(c2ccccc2CN2CCCCC2=O)CC1. The third kappa shape index (κ3) is 8.56. The van der Waals surface area contributed by atoms with E-state index >= 15 is 0 Å². The van der Waals surface area contributed by atoms with E-state index in [-0.39, 0.29) is 40.9 Å². The van der Waals surface area contributed by atoms with Crippen LogP contribution in [0.5, 0.6) is 5.75 Å². The molecule has 0 radical (unpaired) electrons. The van der Waals surface area contributed by atoms with Crippen molar-refractivity contribution in [3.63, 3.8) is 0 Å². The minimum Gasteiger partial charge on any atom is -0.451 e. The Labute approximate surface area is 297 Å². The summed E-state index contributed by atoms with van der Waals surface area (Å²) in [7, 11) is 1.45. The molecule has 2 fully saturated rings. The number of fused-ring (bicyclic) bond motifs is 1. The number of benzene rings is 3.